The third-order valence-corrected chi connectivity index (χ3v) is 5.46. The van der Waals surface area contributed by atoms with Crippen molar-refractivity contribution in [1.29, 1.82) is 0 Å². The van der Waals surface area contributed by atoms with Gasteiger partial charge in [0.2, 0.25) is 5.91 Å². The SMILES string of the molecule is O=C(CCc1ccccc1)N1CCN(Cc2noc(-c3ccccc3Cl)n2)CC1. The van der Waals surface area contributed by atoms with Crippen LogP contribution in [0.1, 0.15) is 17.8 Å². The molecule has 1 aromatic heterocycles. The Labute approximate surface area is 175 Å². The van der Waals surface area contributed by atoms with E-state index in [0.717, 1.165) is 38.2 Å². The van der Waals surface area contributed by atoms with Crippen LogP contribution >= 0.6 is 11.6 Å². The van der Waals surface area contributed by atoms with E-state index in [9.17, 15) is 4.79 Å². The summed E-state index contributed by atoms with van der Waals surface area (Å²) in [6.45, 7) is 3.64. The summed E-state index contributed by atoms with van der Waals surface area (Å²) in [6, 6.07) is 17.5. The molecule has 1 aliphatic heterocycles. The van der Waals surface area contributed by atoms with Gasteiger partial charge in [0.1, 0.15) is 0 Å². The number of hydrogen-bond acceptors (Lipinski definition) is 5. The Bertz CT molecular complexity index is 952. The van der Waals surface area contributed by atoms with Gasteiger partial charge in [-0.3, -0.25) is 9.69 Å². The van der Waals surface area contributed by atoms with Crippen molar-refractivity contribution in [3.05, 3.63) is 71.0 Å². The van der Waals surface area contributed by atoms with Crippen molar-refractivity contribution < 1.29 is 9.32 Å². The molecule has 1 saturated heterocycles. The van der Waals surface area contributed by atoms with E-state index in [-0.39, 0.29) is 5.91 Å². The van der Waals surface area contributed by atoms with Gasteiger partial charge in [-0.1, -0.05) is 59.2 Å². The zero-order valence-electron chi connectivity index (χ0n) is 16.1. The Morgan fingerprint density at radius 2 is 1.72 bits per heavy atom. The largest absolute Gasteiger partial charge is 0.340 e. The highest BCUT2D eigenvalue weighted by Crippen LogP contribution is 2.26. The number of aryl methyl sites for hydroxylation is 1. The average Bonchev–Trinajstić information content (AvgIpc) is 3.22. The molecule has 150 valence electrons. The second-order valence-corrected chi connectivity index (χ2v) is 7.55. The van der Waals surface area contributed by atoms with E-state index in [1.807, 2.05) is 41.3 Å². The van der Waals surface area contributed by atoms with Gasteiger partial charge in [-0.15, -0.1) is 0 Å². The van der Waals surface area contributed by atoms with Gasteiger partial charge in [0.05, 0.1) is 17.1 Å². The molecule has 0 aliphatic carbocycles. The Morgan fingerprint density at radius 3 is 2.48 bits per heavy atom. The average molecular weight is 411 g/mol. The monoisotopic (exact) mass is 410 g/mol. The van der Waals surface area contributed by atoms with E-state index in [1.54, 1.807) is 6.07 Å². The van der Waals surface area contributed by atoms with E-state index in [2.05, 4.69) is 27.2 Å². The van der Waals surface area contributed by atoms with Gasteiger partial charge in [-0.2, -0.15) is 4.98 Å². The number of amides is 1. The molecular formula is C22H23ClN4O2. The summed E-state index contributed by atoms with van der Waals surface area (Å²) < 4.78 is 5.37. The topological polar surface area (TPSA) is 62.5 Å². The summed E-state index contributed by atoms with van der Waals surface area (Å²) >= 11 is 6.19. The van der Waals surface area contributed by atoms with Crippen molar-refractivity contribution in [1.82, 2.24) is 19.9 Å². The Hall–Kier alpha value is -2.70. The molecule has 3 aromatic rings. The summed E-state index contributed by atoms with van der Waals surface area (Å²) in [5.41, 5.74) is 1.94. The number of piperazine rings is 1. The van der Waals surface area contributed by atoms with Crippen molar-refractivity contribution in [2.24, 2.45) is 0 Å². The molecule has 0 atom stereocenters. The summed E-state index contributed by atoms with van der Waals surface area (Å²) in [5.74, 6) is 1.28. The van der Waals surface area contributed by atoms with Gasteiger partial charge >= 0.3 is 0 Å². The van der Waals surface area contributed by atoms with Gasteiger partial charge in [-0.05, 0) is 24.1 Å². The predicted molar refractivity (Wildman–Crippen MR) is 111 cm³/mol. The quantitative estimate of drug-likeness (QED) is 0.620. The van der Waals surface area contributed by atoms with Crippen molar-refractivity contribution in [2.45, 2.75) is 19.4 Å². The van der Waals surface area contributed by atoms with Crippen LogP contribution in [0.15, 0.2) is 59.1 Å². The van der Waals surface area contributed by atoms with E-state index in [1.165, 1.54) is 5.56 Å². The standard InChI is InChI=1S/C22H23ClN4O2/c23-19-9-5-4-8-18(19)22-24-20(25-29-22)16-26-12-14-27(15-13-26)21(28)11-10-17-6-2-1-3-7-17/h1-9H,10-16H2. The number of carbonyl (C=O) groups is 1. The molecule has 4 rings (SSSR count). The highest BCUT2D eigenvalue weighted by Gasteiger charge is 2.22. The van der Waals surface area contributed by atoms with Crippen LogP contribution in [-0.4, -0.2) is 52.0 Å². The molecule has 0 N–H and O–H groups in total. The van der Waals surface area contributed by atoms with Gasteiger partial charge in [-0.25, -0.2) is 0 Å². The first-order valence-electron chi connectivity index (χ1n) is 9.80. The highest BCUT2D eigenvalue weighted by atomic mass is 35.5. The molecule has 1 amide bonds. The number of nitrogens with zero attached hydrogens (tertiary/aromatic N) is 4. The van der Waals surface area contributed by atoms with Gasteiger partial charge in [0.15, 0.2) is 5.82 Å². The smallest absolute Gasteiger partial charge is 0.259 e. The first-order valence-corrected chi connectivity index (χ1v) is 10.2. The molecule has 7 heteroatoms. The number of benzene rings is 2. The molecule has 1 fully saturated rings. The first-order chi connectivity index (χ1) is 14.2. The number of aromatic nitrogens is 2. The van der Waals surface area contributed by atoms with E-state index >= 15 is 0 Å². The van der Waals surface area contributed by atoms with Crippen LogP contribution < -0.4 is 0 Å². The van der Waals surface area contributed by atoms with Crippen LogP contribution in [-0.2, 0) is 17.8 Å². The van der Waals surface area contributed by atoms with Crippen LogP contribution in [0.3, 0.4) is 0 Å². The number of carbonyl (C=O) groups excluding carboxylic acids is 1. The third-order valence-electron chi connectivity index (χ3n) is 5.13. The van der Waals surface area contributed by atoms with E-state index in [4.69, 9.17) is 16.1 Å². The fraction of sp³-hybridized carbons (Fsp3) is 0.318. The van der Waals surface area contributed by atoms with Crippen LogP contribution in [0.4, 0.5) is 0 Å². The van der Waals surface area contributed by atoms with Crippen molar-refractivity contribution >= 4 is 17.5 Å². The molecule has 1 aliphatic rings. The maximum Gasteiger partial charge on any atom is 0.259 e. The normalized spacial score (nSPS) is 14.9. The third kappa shape index (κ3) is 5.02. The molecule has 0 saturated carbocycles. The summed E-state index contributed by atoms with van der Waals surface area (Å²) in [7, 11) is 0. The molecule has 0 unspecified atom stereocenters. The van der Waals surface area contributed by atoms with Gasteiger partial charge in [0.25, 0.3) is 5.89 Å². The summed E-state index contributed by atoms with van der Waals surface area (Å²) in [4.78, 5) is 21.1. The van der Waals surface area contributed by atoms with Crippen molar-refractivity contribution in [3.63, 3.8) is 0 Å². The second kappa shape index (κ2) is 9.20. The molecule has 0 spiro atoms. The molecule has 2 heterocycles. The lowest BCUT2D eigenvalue weighted by molar-refractivity contribution is -0.133. The fourth-order valence-corrected chi connectivity index (χ4v) is 3.69. The van der Waals surface area contributed by atoms with Crippen LogP contribution in [0.2, 0.25) is 5.02 Å². The lowest BCUT2D eigenvalue weighted by atomic mass is 10.1. The Morgan fingerprint density at radius 1 is 1.00 bits per heavy atom. The van der Waals surface area contributed by atoms with E-state index in [0.29, 0.717) is 29.7 Å². The summed E-state index contributed by atoms with van der Waals surface area (Å²) in [6.07, 6.45) is 1.34. The molecule has 6 nitrogen and oxygen atoms in total. The maximum absolute atomic E-state index is 12.5. The number of hydrogen-bond donors (Lipinski definition) is 0. The minimum absolute atomic E-state index is 0.217. The molecule has 0 bridgehead atoms. The fourth-order valence-electron chi connectivity index (χ4n) is 3.47. The Kier molecular flexibility index (Phi) is 6.22. The van der Waals surface area contributed by atoms with E-state index < -0.39 is 0 Å². The lowest BCUT2D eigenvalue weighted by Gasteiger charge is -2.34. The molecule has 2 aromatic carbocycles. The summed E-state index contributed by atoms with van der Waals surface area (Å²) in [5, 5.41) is 4.67. The molecule has 0 radical (unpaired) electrons. The van der Waals surface area contributed by atoms with Gasteiger partial charge < -0.3 is 9.42 Å². The minimum Gasteiger partial charge on any atom is -0.340 e. The minimum atomic E-state index is 0.217. The number of rotatable bonds is 6. The Balaban J connectivity index is 1.26. The van der Waals surface area contributed by atoms with Crippen molar-refractivity contribution in [3.8, 4) is 11.5 Å². The molecule has 29 heavy (non-hydrogen) atoms. The molecular weight excluding hydrogens is 388 g/mol. The predicted octanol–water partition coefficient (Wildman–Crippen LogP) is 3.67. The lowest BCUT2D eigenvalue weighted by Crippen LogP contribution is -2.48. The maximum atomic E-state index is 12.5. The van der Waals surface area contributed by atoms with Crippen LogP contribution in [0.5, 0.6) is 0 Å². The van der Waals surface area contributed by atoms with Crippen molar-refractivity contribution in [2.75, 3.05) is 26.2 Å². The first kappa shape index (κ1) is 19.6. The van der Waals surface area contributed by atoms with Crippen LogP contribution in [0.25, 0.3) is 11.5 Å². The van der Waals surface area contributed by atoms with Crippen LogP contribution in [0, 0.1) is 0 Å². The number of halogens is 1. The highest BCUT2D eigenvalue weighted by molar-refractivity contribution is 6.33. The zero-order valence-corrected chi connectivity index (χ0v) is 16.9. The van der Waals surface area contributed by atoms with Gasteiger partial charge in [0, 0.05) is 32.6 Å². The second-order valence-electron chi connectivity index (χ2n) is 7.14. The zero-order chi connectivity index (χ0) is 20.1.